The van der Waals surface area contributed by atoms with Crippen LogP contribution in [-0.2, 0) is 6.42 Å². The van der Waals surface area contributed by atoms with Crippen LogP contribution in [0.4, 0.5) is 5.69 Å². The number of rotatable bonds is 4. The number of pyridine rings is 1. The van der Waals surface area contributed by atoms with E-state index in [-0.39, 0.29) is 0 Å². The summed E-state index contributed by atoms with van der Waals surface area (Å²) in [6.45, 7) is 0.704. The second-order valence-electron chi connectivity index (χ2n) is 4.59. The highest BCUT2D eigenvalue weighted by molar-refractivity contribution is 5.92. The van der Waals surface area contributed by atoms with Crippen LogP contribution in [0.25, 0.3) is 10.9 Å². The summed E-state index contributed by atoms with van der Waals surface area (Å²) in [7, 11) is 0. The Kier molecular flexibility index (Phi) is 3.70. The molecule has 3 rings (SSSR count). The van der Waals surface area contributed by atoms with E-state index in [9.17, 15) is 5.26 Å². The fraction of sp³-hybridized carbons (Fsp3) is 0.125. The summed E-state index contributed by atoms with van der Waals surface area (Å²) < 4.78 is 0. The monoisotopic (exact) mass is 275 g/mol. The predicted molar refractivity (Wildman–Crippen MR) is 80.7 cm³/mol. The van der Waals surface area contributed by atoms with Gasteiger partial charge in [-0.05, 0) is 24.1 Å². The van der Waals surface area contributed by atoms with Crippen LogP contribution >= 0.6 is 0 Å². The minimum absolute atomic E-state index is 0.319. The molecule has 2 aromatic heterocycles. The number of hydrogen-bond donors (Lipinski definition) is 1. The molecule has 1 aromatic carbocycles. The topological polar surface area (TPSA) is 74.5 Å². The quantitative estimate of drug-likeness (QED) is 0.792. The second-order valence-corrected chi connectivity index (χ2v) is 4.59. The van der Waals surface area contributed by atoms with Crippen molar-refractivity contribution < 1.29 is 0 Å². The van der Waals surface area contributed by atoms with E-state index in [0.29, 0.717) is 12.2 Å². The first-order valence-corrected chi connectivity index (χ1v) is 6.67. The number of benzene rings is 1. The molecule has 1 N–H and O–H groups in total. The zero-order chi connectivity index (χ0) is 14.5. The van der Waals surface area contributed by atoms with E-state index in [2.05, 4.69) is 26.6 Å². The van der Waals surface area contributed by atoms with Gasteiger partial charge < -0.3 is 5.32 Å². The SMILES string of the molecule is N#Cc1nnc2ccccc2c1NCCc1cccnc1. The molecule has 2 heterocycles. The van der Waals surface area contributed by atoms with Gasteiger partial charge in [0.15, 0.2) is 5.69 Å². The summed E-state index contributed by atoms with van der Waals surface area (Å²) in [6, 6.07) is 13.7. The zero-order valence-electron chi connectivity index (χ0n) is 11.3. The number of nitriles is 1. The first-order chi connectivity index (χ1) is 10.4. The molecule has 0 radical (unpaired) electrons. The molecule has 0 fully saturated rings. The van der Waals surface area contributed by atoms with Crippen molar-refractivity contribution in [3.63, 3.8) is 0 Å². The van der Waals surface area contributed by atoms with Crippen molar-refractivity contribution >= 4 is 16.6 Å². The average molecular weight is 275 g/mol. The first kappa shape index (κ1) is 13.0. The van der Waals surface area contributed by atoms with Crippen LogP contribution in [-0.4, -0.2) is 21.7 Å². The van der Waals surface area contributed by atoms with Gasteiger partial charge in [-0.3, -0.25) is 4.98 Å². The molecule has 0 saturated heterocycles. The maximum absolute atomic E-state index is 9.19. The van der Waals surface area contributed by atoms with Gasteiger partial charge in [0.1, 0.15) is 6.07 Å². The molecule has 0 unspecified atom stereocenters. The van der Waals surface area contributed by atoms with Gasteiger partial charge in [-0.15, -0.1) is 10.2 Å². The normalized spacial score (nSPS) is 10.2. The van der Waals surface area contributed by atoms with Crippen molar-refractivity contribution in [2.45, 2.75) is 6.42 Å². The van der Waals surface area contributed by atoms with Gasteiger partial charge in [0.2, 0.25) is 0 Å². The van der Waals surface area contributed by atoms with Gasteiger partial charge in [0.05, 0.1) is 11.2 Å². The summed E-state index contributed by atoms with van der Waals surface area (Å²) in [5.74, 6) is 0. The molecular weight excluding hydrogens is 262 g/mol. The Morgan fingerprint density at radius 2 is 2.00 bits per heavy atom. The molecule has 5 heteroatoms. The van der Waals surface area contributed by atoms with E-state index in [1.165, 1.54) is 0 Å². The molecule has 0 bridgehead atoms. The number of aromatic nitrogens is 3. The molecule has 5 nitrogen and oxygen atoms in total. The van der Waals surface area contributed by atoms with E-state index in [1.54, 1.807) is 6.20 Å². The first-order valence-electron chi connectivity index (χ1n) is 6.67. The Morgan fingerprint density at radius 3 is 2.81 bits per heavy atom. The van der Waals surface area contributed by atoms with Crippen molar-refractivity contribution in [3.05, 3.63) is 60.0 Å². The molecule has 0 aliphatic rings. The van der Waals surface area contributed by atoms with E-state index in [0.717, 1.165) is 28.6 Å². The summed E-state index contributed by atoms with van der Waals surface area (Å²) in [4.78, 5) is 4.09. The molecule has 0 amide bonds. The predicted octanol–water partition coefficient (Wildman–Crippen LogP) is 2.55. The lowest BCUT2D eigenvalue weighted by atomic mass is 10.1. The Hall–Kier alpha value is -3.00. The largest absolute Gasteiger partial charge is 0.382 e. The van der Waals surface area contributed by atoms with Crippen molar-refractivity contribution in [2.75, 3.05) is 11.9 Å². The van der Waals surface area contributed by atoms with Crippen LogP contribution in [0.5, 0.6) is 0 Å². The molecule has 102 valence electrons. The highest BCUT2D eigenvalue weighted by Crippen LogP contribution is 2.23. The van der Waals surface area contributed by atoms with Crippen molar-refractivity contribution in [1.82, 2.24) is 15.2 Å². The van der Waals surface area contributed by atoms with E-state index in [4.69, 9.17) is 0 Å². The molecule has 0 saturated carbocycles. The number of nitrogens with one attached hydrogen (secondary N) is 1. The lowest BCUT2D eigenvalue weighted by Gasteiger charge is -2.10. The fourth-order valence-electron chi connectivity index (χ4n) is 2.19. The third kappa shape index (κ3) is 2.79. The standard InChI is InChI=1S/C16H13N5/c17-10-15-16(13-5-1-2-6-14(13)20-21-15)19-9-7-12-4-3-8-18-11-12/h1-6,8,11H,7,9H2,(H,19,20). The van der Waals surface area contributed by atoms with Gasteiger partial charge in [0.25, 0.3) is 0 Å². The molecule has 0 atom stereocenters. The van der Waals surface area contributed by atoms with Gasteiger partial charge in [-0.25, -0.2) is 0 Å². The van der Waals surface area contributed by atoms with Gasteiger partial charge in [-0.1, -0.05) is 24.3 Å². The smallest absolute Gasteiger partial charge is 0.186 e. The Labute approximate surface area is 122 Å². The Morgan fingerprint density at radius 1 is 1.10 bits per heavy atom. The number of anilines is 1. The minimum atomic E-state index is 0.319. The number of nitrogens with zero attached hydrogens (tertiary/aromatic N) is 4. The molecule has 21 heavy (non-hydrogen) atoms. The lowest BCUT2D eigenvalue weighted by molar-refractivity contribution is 0.991. The molecule has 3 aromatic rings. The second kappa shape index (κ2) is 5.97. The van der Waals surface area contributed by atoms with Crippen LogP contribution in [0.1, 0.15) is 11.3 Å². The van der Waals surface area contributed by atoms with E-state index in [1.807, 2.05) is 42.6 Å². The zero-order valence-corrected chi connectivity index (χ0v) is 11.3. The maximum Gasteiger partial charge on any atom is 0.186 e. The van der Waals surface area contributed by atoms with E-state index >= 15 is 0 Å². The summed E-state index contributed by atoms with van der Waals surface area (Å²) in [5, 5.41) is 21.4. The third-order valence-electron chi connectivity index (χ3n) is 3.21. The average Bonchev–Trinajstić information content (AvgIpc) is 2.56. The van der Waals surface area contributed by atoms with E-state index < -0.39 is 0 Å². The molecular formula is C16H13N5. The summed E-state index contributed by atoms with van der Waals surface area (Å²) >= 11 is 0. The van der Waals surface area contributed by atoms with Crippen LogP contribution in [0, 0.1) is 11.3 Å². The van der Waals surface area contributed by atoms with Crippen molar-refractivity contribution in [2.24, 2.45) is 0 Å². The van der Waals surface area contributed by atoms with Gasteiger partial charge in [0, 0.05) is 24.3 Å². The van der Waals surface area contributed by atoms with Crippen molar-refractivity contribution in [3.8, 4) is 6.07 Å². The maximum atomic E-state index is 9.19. The molecule has 0 aliphatic heterocycles. The van der Waals surface area contributed by atoms with Crippen LogP contribution < -0.4 is 5.32 Å². The number of hydrogen-bond acceptors (Lipinski definition) is 5. The lowest BCUT2D eigenvalue weighted by Crippen LogP contribution is -2.08. The highest BCUT2D eigenvalue weighted by atomic mass is 15.1. The van der Waals surface area contributed by atoms with Gasteiger partial charge in [-0.2, -0.15) is 5.26 Å². The third-order valence-corrected chi connectivity index (χ3v) is 3.21. The van der Waals surface area contributed by atoms with Crippen molar-refractivity contribution in [1.29, 1.82) is 5.26 Å². The molecule has 0 aliphatic carbocycles. The minimum Gasteiger partial charge on any atom is -0.382 e. The van der Waals surface area contributed by atoms with Crippen LogP contribution in [0.15, 0.2) is 48.8 Å². The Bertz CT molecular complexity index is 793. The fourth-order valence-corrected chi connectivity index (χ4v) is 2.19. The highest BCUT2D eigenvalue weighted by Gasteiger charge is 2.09. The van der Waals surface area contributed by atoms with Gasteiger partial charge >= 0.3 is 0 Å². The summed E-state index contributed by atoms with van der Waals surface area (Å²) in [6.07, 6.45) is 4.43. The van der Waals surface area contributed by atoms with Crippen LogP contribution in [0.2, 0.25) is 0 Å². The Balaban J connectivity index is 1.84. The number of fused-ring (bicyclic) bond motifs is 1. The molecule has 0 spiro atoms. The summed E-state index contributed by atoms with van der Waals surface area (Å²) in [5.41, 5.74) is 2.99. The van der Waals surface area contributed by atoms with Crippen LogP contribution in [0.3, 0.4) is 0 Å².